The zero-order valence-electron chi connectivity index (χ0n) is 9.76. The first-order valence-corrected chi connectivity index (χ1v) is 6.30. The summed E-state index contributed by atoms with van der Waals surface area (Å²) in [6.45, 7) is 6.99. The van der Waals surface area contributed by atoms with Gasteiger partial charge >= 0.3 is 0 Å². The summed E-state index contributed by atoms with van der Waals surface area (Å²) in [6, 6.07) is 0. The maximum atomic E-state index is 6.03. The Morgan fingerprint density at radius 3 is 2.93 bits per heavy atom. The molecule has 1 spiro atoms. The molecule has 0 radical (unpaired) electrons. The van der Waals surface area contributed by atoms with Crippen molar-refractivity contribution in [1.29, 1.82) is 0 Å². The Morgan fingerprint density at radius 2 is 2.20 bits per heavy atom. The second kappa shape index (κ2) is 5.28. The van der Waals surface area contributed by atoms with Crippen LogP contribution in [0.15, 0.2) is 0 Å². The van der Waals surface area contributed by atoms with Crippen molar-refractivity contribution in [2.75, 3.05) is 32.9 Å². The second-order valence-electron chi connectivity index (χ2n) is 4.63. The molecule has 1 atom stereocenters. The normalized spacial score (nSPS) is 29.8. The van der Waals surface area contributed by atoms with E-state index in [1.807, 2.05) is 0 Å². The molecule has 3 heteroatoms. The van der Waals surface area contributed by atoms with E-state index in [1.54, 1.807) is 0 Å². The highest BCUT2D eigenvalue weighted by Crippen LogP contribution is 2.40. The molecular weight excluding hydrogens is 190 g/mol. The number of rotatable bonds is 4. The van der Waals surface area contributed by atoms with Crippen LogP contribution in [0.4, 0.5) is 0 Å². The smallest absolute Gasteiger partial charge is 0.0736 e. The lowest BCUT2D eigenvalue weighted by Crippen LogP contribution is -2.46. The molecule has 2 fully saturated rings. The number of ether oxygens (including phenoxy) is 2. The quantitative estimate of drug-likeness (QED) is 0.719. The molecule has 0 bridgehead atoms. The molecule has 2 aliphatic rings. The van der Waals surface area contributed by atoms with Crippen LogP contribution in [0.5, 0.6) is 0 Å². The van der Waals surface area contributed by atoms with Gasteiger partial charge in [0.2, 0.25) is 0 Å². The third-order valence-electron chi connectivity index (χ3n) is 3.86. The molecule has 2 rings (SSSR count). The van der Waals surface area contributed by atoms with Crippen LogP contribution in [0.25, 0.3) is 0 Å². The van der Waals surface area contributed by atoms with Crippen molar-refractivity contribution in [1.82, 2.24) is 5.32 Å². The van der Waals surface area contributed by atoms with E-state index in [9.17, 15) is 0 Å². The molecular formula is C12H23NO2. The molecule has 0 aromatic heterocycles. The SMILES string of the molecule is CCOCCC1CCOC12CCNCC2. The molecule has 1 unspecified atom stereocenters. The predicted octanol–water partition coefficient (Wildman–Crippen LogP) is 1.57. The summed E-state index contributed by atoms with van der Waals surface area (Å²) in [5.74, 6) is 0.728. The summed E-state index contributed by atoms with van der Waals surface area (Å²) >= 11 is 0. The summed E-state index contributed by atoms with van der Waals surface area (Å²) in [4.78, 5) is 0. The van der Waals surface area contributed by atoms with Crippen molar-refractivity contribution in [3.63, 3.8) is 0 Å². The van der Waals surface area contributed by atoms with E-state index >= 15 is 0 Å². The fraction of sp³-hybridized carbons (Fsp3) is 1.00. The minimum absolute atomic E-state index is 0.197. The van der Waals surface area contributed by atoms with Crippen LogP contribution >= 0.6 is 0 Å². The molecule has 3 nitrogen and oxygen atoms in total. The molecule has 0 aliphatic carbocycles. The first kappa shape index (κ1) is 11.4. The van der Waals surface area contributed by atoms with Crippen molar-refractivity contribution in [2.24, 2.45) is 5.92 Å². The highest BCUT2D eigenvalue weighted by molar-refractivity contribution is 4.95. The van der Waals surface area contributed by atoms with Crippen molar-refractivity contribution < 1.29 is 9.47 Å². The fourth-order valence-electron chi connectivity index (χ4n) is 2.97. The van der Waals surface area contributed by atoms with Crippen molar-refractivity contribution >= 4 is 0 Å². The van der Waals surface area contributed by atoms with Crippen molar-refractivity contribution in [2.45, 2.75) is 38.2 Å². The van der Waals surface area contributed by atoms with Gasteiger partial charge < -0.3 is 14.8 Å². The Hall–Kier alpha value is -0.120. The van der Waals surface area contributed by atoms with E-state index in [0.717, 1.165) is 38.8 Å². The Kier molecular flexibility index (Phi) is 4.00. The van der Waals surface area contributed by atoms with Gasteiger partial charge in [-0.3, -0.25) is 0 Å². The van der Waals surface area contributed by atoms with Crippen LogP contribution in [-0.4, -0.2) is 38.5 Å². The van der Waals surface area contributed by atoms with Gasteiger partial charge in [0.15, 0.2) is 0 Å². The monoisotopic (exact) mass is 213 g/mol. The zero-order valence-corrected chi connectivity index (χ0v) is 9.76. The maximum Gasteiger partial charge on any atom is 0.0736 e. The summed E-state index contributed by atoms with van der Waals surface area (Å²) in [6.07, 6.45) is 4.77. The number of nitrogens with one attached hydrogen (secondary N) is 1. The average molecular weight is 213 g/mol. The average Bonchev–Trinajstić information content (AvgIpc) is 2.63. The fourth-order valence-corrected chi connectivity index (χ4v) is 2.97. The van der Waals surface area contributed by atoms with E-state index < -0.39 is 0 Å². The number of piperidine rings is 1. The lowest BCUT2D eigenvalue weighted by molar-refractivity contribution is -0.0507. The molecule has 2 heterocycles. The van der Waals surface area contributed by atoms with Gasteiger partial charge in [0.25, 0.3) is 0 Å². The van der Waals surface area contributed by atoms with Gasteiger partial charge in [-0.15, -0.1) is 0 Å². The number of hydrogen-bond acceptors (Lipinski definition) is 3. The Bertz CT molecular complexity index is 190. The Labute approximate surface area is 92.5 Å². The van der Waals surface area contributed by atoms with Crippen LogP contribution in [0.1, 0.15) is 32.6 Å². The van der Waals surface area contributed by atoms with Crippen molar-refractivity contribution in [3.05, 3.63) is 0 Å². The third-order valence-corrected chi connectivity index (χ3v) is 3.86. The summed E-state index contributed by atoms with van der Waals surface area (Å²) in [5, 5.41) is 3.41. The second-order valence-corrected chi connectivity index (χ2v) is 4.63. The highest BCUT2D eigenvalue weighted by atomic mass is 16.5. The van der Waals surface area contributed by atoms with E-state index in [2.05, 4.69) is 12.2 Å². The molecule has 0 aromatic carbocycles. The van der Waals surface area contributed by atoms with Crippen LogP contribution in [0.3, 0.4) is 0 Å². The van der Waals surface area contributed by atoms with Gasteiger partial charge in [-0.25, -0.2) is 0 Å². The van der Waals surface area contributed by atoms with Gasteiger partial charge in [0.05, 0.1) is 5.60 Å². The Morgan fingerprint density at radius 1 is 1.40 bits per heavy atom. The predicted molar refractivity (Wildman–Crippen MR) is 60.0 cm³/mol. The van der Waals surface area contributed by atoms with Crippen LogP contribution in [0, 0.1) is 5.92 Å². The van der Waals surface area contributed by atoms with E-state index in [1.165, 1.54) is 25.7 Å². The molecule has 0 saturated carbocycles. The molecule has 0 aromatic rings. The summed E-state index contributed by atoms with van der Waals surface area (Å²) < 4.78 is 11.5. The Balaban J connectivity index is 1.85. The molecule has 15 heavy (non-hydrogen) atoms. The standard InChI is InChI=1S/C12H23NO2/c1-2-14-9-3-11-4-10-15-12(11)5-7-13-8-6-12/h11,13H,2-10H2,1H3. The molecule has 0 amide bonds. The minimum atomic E-state index is 0.197. The molecule has 88 valence electrons. The topological polar surface area (TPSA) is 30.5 Å². The van der Waals surface area contributed by atoms with Crippen LogP contribution < -0.4 is 5.32 Å². The minimum Gasteiger partial charge on any atom is -0.382 e. The summed E-state index contributed by atoms with van der Waals surface area (Å²) in [5.41, 5.74) is 0.197. The molecule has 1 N–H and O–H groups in total. The largest absolute Gasteiger partial charge is 0.382 e. The zero-order chi connectivity index (χ0) is 10.6. The van der Waals surface area contributed by atoms with Crippen LogP contribution in [-0.2, 0) is 9.47 Å². The first-order chi connectivity index (χ1) is 7.37. The van der Waals surface area contributed by atoms with Gasteiger partial charge in [-0.2, -0.15) is 0 Å². The van der Waals surface area contributed by atoms with E-state index in [-0.39, 0.29) is 5.60 Å². The number of hydrogen-bond donors (Lipinski definition) is 1. The summed E-state index contributed by atoms with van der Waals surface area (Å²) in [7, 11) is 0. The van der Waals surface area contributed by atoms with Crippen molar-refractivity contribution in [3.8, 4) is 0 Å². The lowest BCUT2D eigenvalue weighted by atomic mass is 9.78. The molecule has 2 aliphatic heterocycles. The maximum absolute atomic E-state index is 6.03. The van der Waals surface area contributed by atoms with Gasteiger partial charge in [0, 0.05) is 19.8 Å². The van der Waals surface area contributed by atoms with E-state index in [4.69, 9.17) is 9.47 Å². The molecule has 2 saturated heterocycles. The lowest BCUT2D eigenvalue weighted by Gasteiger charge is -2.38. The van der Waals surface area contributed by atoms with Gasteiger partial charge in [-0.1, -0.05) is 0 Å². The van der Waals surface area contributed by atoms with Gasteiger partial charge in [-0.05, 0) is 51.6 Å². The van der Waals surface area contributed by atoms with Crippen LogP contribution in [0.2, 0.25) is 0 Å². The van der Waals surface area contributed by atoms with Gasteiger partial charge in [0.1, 0.15) is 0 Å². The highest BCUT2D eigenvalue weighted by Gasteiger charge is 2.44. The van der Waals surface area contributed by atoms with E-state index in [0.29, 0.717) is 0 Å². The third kappa shape index (κ3) is 2.52. The first-order valence-electron chi connectivity index (χ1n) is 6.30.